The van der Waals surface area contributed by atoms with E-state index >= 15 is 0 Å². The summed E-state index contributed by atoms with van der Waals surface area (Å²) >= 11 is 5.89. The molecule has 2 N–H and O–H groups in total. The fraction of sp³-hybridized carbons (Fsp3) is 0.333. The minimum absolute atomic E-state index is 0.0442. The molecule has 0 aliphatic carbocycles. The Morgan fingerprint density at radius 1 is 1.25 bits per heavy atom. The van der Waals surface area contributed by atoms with Gasteiger partial charge in [-0.2, -0.15) is 5.10 Å². The molecule has 1 heterocycles. The number of nitrogens with one attached hydrogen (secondary N) is 2. The van der Waals surface area contributed by atoms with Crippen LogP contribution in [0.15, 0.2) is 24.3 Å². The number of hydrogen-bond donors (Lipinski definition) is 2. The molecule has 0 saturated heterocycles. The predicted octanol–water partition coefficient (Wildman–Crippen LogP) is 4.02. The highest BCUT2D eigenvalue weighted by atomic mass is 35.5. The molecule has 106 valence electrons. The topological polar surface area (TPSA) is 57.8 Å². The van der Waals surface area contributed by atoms with Gasteiger partial charge in [0.15, 0.2) is 0 Å². The van der Waals surface area contributed by atoms with Crippen LogP contribution in [0.1, 0.15) is 26.5 Å². The Morgan fingerprint density at radius 3 is 2.40 bits per heavy atom. The van der Waals surface area contributed by atoms with Crippen LogP contribution >= 0.6 is 11.6 Å². The first-order chi connectivity index (χ1) is 9.29. The number of halogens is 1. The molecule has 0 aliphatic heterocycles. The van der Waals surface area contributed by atoms with E-state index in [1.807, 2.05) is 39.8 Å². The monoisotopic (exact) mass is 291 g/mol. The standard InChI is InChI=1S/C15H18ClN3O/c1-9-12(17-14(20)15(2,3)4)13(19-18-9)10-5-7-11(16)8-6-10/h5-8H,1-4H3,(H,17,20)(H,18,19). The molecule has 0 radical (unpaired) electrons. The molecule has 2 aromatic rings. The number of aromatic nitrogens is 2. The molecule has 20 heavy (non-hydrogen) atoms. The Labute approximate surface area is 123 Å². The van der Waals surface area contributed by atoms with Gasteiger partial charge in [-0.3, -0.25) is 9.89 Å². The van der Waals surface area contributed by atoms with Crippen LogP contribution in [-0.2, 0) is 4.79 Å². The molecule has 1 amide bonds. The van der Waals surface area contributed by atoms with Gasteiger partial charge in [-0.1, -0.05) is 44.5 Å². The van der Waals surface area contributed by atoms with Crippen LogP contribution in [0.4, 0.5) is 5.69 Å². The number of carbonyl (C=O) groups excluding carboxylic acids is 1. The van der Waals surface area contributed by atoms with Crippen molar-refractivity contribution in [3.63, 3.8) is 0 Å². The first kappa shape index (κ1) is 14.6. The quantitative estimate of drug-likeness (QED) is 0.878. The second-order valence-electron chi connectivity index (χ2n) is 5.78. The third kappa shape index (κ3) is 3.02. The summed E-state index contributed by atoms with van der Waals surface area (Å²) in [7, 11) is 0. The fourth-order valence-electron chi connectivity index (χ4n) is 1.70. The molecule has 1 aromatic carbocycles. The largest absolute Gasteiger partial charge is 0.322 e. The van der Waals surface area contributed by atoms with Crippen LogP contribution in [0, 0.1) is 12.3 Å². The number of H-pyrrole nitrogens is 1. The van der Waals surface area contributed by atoms with Gasteiger partial charge in [-0.15, -0.1) is 0 Å². The van der Waals surface area contributed by atoms with E-state index in [0.29, 0.717) is 10.7 Å². The molecule has 0 atom stereocenters. The van der Waals surface area contributed by atoms with Crippen molar-refractivity contribution < 1.29 is 4.79 Å². The van der Waals surface area contributed by atoms with Crippen LogP contribution in [0.25, 0.3) is 11.3 Å². The van der Waals surface area contributed by atoms with Crippen molar-refractivity contribution in [3.8, 4) is 11.3 Å². The lowest BCUT2D eigenvalue weighted by Gasteiger charge is -2.18. The summed E-state index contributed by atoms with van der Waals surface area (Å²) in [6.45, 7) is 7.50. The highest BCUT2D eigenvalue weighted by molar-refractivity contribution is 6.30. The SMILES string of the molecule is Cc1[nH]nc(-c2ccc(Cl)cc2)c1NC(=O)C(C)(C)C. The number of aromatic amines is 1. The van der Waals surface area contributed by atoms with Crippen molar-refractivity contribution in [2.45, 2.75) is 27.7 Å². The molecule has 4 nitrogen and oxygen atoms in total. The van der Waals surface area contributed by atoms with Crippen LogP contribution in [0.5, 0.6) is 0 Å². The molecular weight excluding hydrogens is 274 g/mol. The van der Waals surface area contributed by atoms with E-state index in [4.69, 9.17) is 11.6 Å². The van der Waals surface area contributed by atoms with E-state index in [0.717, 1.165) is 17.0 Å². The summed E-state index contributed by atoms with van der Waals surface area (Å²) in [5.74, 6) is -0.0442. The molecule has 5 heteroatoms. The zero-order chi connectivity index (χ0) is 14.9. The van der Waals surface area contributed by atoms with Crippen molar-refractivity contribution in [1.82, 2.24) is 10.2 Å². The number of carbonyl (C=O) groups is 1. The van der Waals surface area contributed by atoms with Gasteiger partial charge in [0.25, 0.3) is 0 Å². The van der Waals surface area contributed by atoms with Gasteiger partial charge in [-0.25, -0.2) is 0 Å². The molecule has 0 spiro atoms. The molecular formula is C15H18ClN3O. The zero-order valence-corrected chi connectivity index (χ0v) is 12.8. The van der Waals surface area contributed by atoms with Gasteiger partial charge in [0.05, 0.1) is 11.4 Å². The number of amides is 1. The Kier molecular flexibility index (Phi) is 3.86. The second-order valence-corrected chi connectivity index (χ2v) is 6.22. The number of hydrogen-bond acceptors (Lipinski definition) is 2. The van der Waals surface area contributed by atoms with Crippen LogP contribution < -0.4 is 5.32 Å². The molecule has 1 aromatic heterocycles. The lowest BCUT2D eigenvalue weighted by Crippen LogP contribution is -2.28. The van der Waals surface area contributed by atoms with E-state index in [1.54, 1.807) is 12.1 Å². The molecule has 0 aliphatic rings. The van der Waals surface area contributed by atoms with Gasteiger partial charge in [-0.05, 0) is 19.1 Å². The summed E-state index contributed by atoms with van der Waals surface area (Å²) in [4.78, 5) is 12.1. The molecule has 0 saturated carbocycles. The average molecular weight is 292 g/mol. The fourth-order valence-corrected chi connectivity index (χ4v) is 1.83. The van der Waals surface area contributed by atoms with Crippen molar-refractivity contribution in [2.24, 2.45) is 5.41 Å². The maximum absolute atomic E-state index is 12.1. The van der Waals surface area contributed by atoms with Gasteiger partial charge in [0, 0.05) is 16.0 Å². The van der Waals surface area contributed by atoms with Crippen molar-refractivity contribution in [1.29, 1.82) is 0 Å². The highest BCUT2D eigenvalue weighted by Gasteiger charge is 2.24. The minimum Gasteiger partial charge on any atom is -0.322 e. The van der Waals surface area contributed by atoms with Crippen molar-refractivity contribution in [2.75, 3.05) is 5.32 Å². The zero-order valence-electron chi connectivity index (χ0n) is 12.0. The Balaban J connectivity index is 2.37. The maximum atomic E-state index is 12.1. The number of benzene rings is 1. The second kappa shape index (κ2) is 5.29. The van der Waals surface area contributed by atoms with Gasteiger partial charge < -0.3 is 5.32 Å². The number of rotatable bonds is 2. The van der Waals surface area contributed by atoms with Crippen molar-refractivity contribution in [3.05, 3.63) is 35.0 Å². The lowest BCUT2D eigenvalue weighted by atomic mass is 9.95. The molecule has 0 fully saturated rings. The summed E-state index contributed by atoms with van der Waals surface area (Å²) in [5, 5.41) is 10.8. The van der Waals surface area contributed by atoms with E-state index in [-0.39, 0.29) is 5.91 Å². The molecule has 0 bridgehead atoms. The summed E-state index contributed by atoms with van der Waals surface area (Å²) < 4.78 is 0. The smallest absolute Gasteiger partial charge is 0.229 e. The van der Waals surface area contributed by atoms with Crippen LogP contribution in [0.2, 0.25) is 5.02 Å². The third-order valence-electron chi connectivity index (χ3n) is 2.98. The summed E-state index contributed by atoms with van der Waals surface area (Å²) in [6.07, 6.45) is 0. The number of nitrogens with zero attached hydrogens (tertiary/aromatic N) is 1. The van der Waals surface area contributed by atoms with Gasteiger partial charge in [0.1, 0.15) is 5.69 Å². The normalized spacial score (nSPS) is 11.4. The first-order valence-corrected chi connectivity index (χ1v) is 6.79. The Bertz CT molecular complexity index is 624. The van der Waals surface area contributed by atoms with E-state index in [1.165, 1.54) is 0 Å². The van der Waals surface area contributed by atoms with E-state index in [9.17, 15) is 4.79 Å². The average Bonchev–Trinajstić information content (AvgIpc) is 2.71. The lowest BCUT2D eigenvalue weighted by molar-refractivity contribution is -0.123. The Morgan fingerprint density at radius 2 is 1.85 bits per heavy atom. The maximum Gasteiger partial charge on any atom is 0.229 e. The molecule has 0 unspecified atom stereocenters. The van der Waals surface area contributed by atoms with Crippen molar-refractivity contribution >= 4 is 23.2 Å². The first-order valence-electron chi connectivity index (χ1n) is 6.41. The number of anilines is 1. The van der Waals surface area contributed by atoms with Gasteiger partial charge in [0.2, 0.25) is 5.91 Å². The third-order valence-corrected chi connectivity index (χ3v) is 3.24. The van der Waals surface area contributed by atoms with E-state index in [2.05, 4.69) is 15.5 Å². The Hall–Kier alpha value is -1.81. The van der Waals surface area contributed by atoms with Crippen LogP contribution in [-0.4, -0.2) is 16.1 Å². The van der Waals surface area contributed by atoms with Gasteiger partial charge >= 0.3 is 0 Å². The summed E-state index contributed by atoms with van der Waals surface area (Å²) in [6, 6.07) is 7.36. The summed E-state index contributed by atoms with van der Waals surface area (Å²) in [5.41, 5.74) is 2.71. The minimum atomic E-state index is -0.457. The predicted molar refractivity (Wildman–Crippen MR) is 81.9 cm³/mol. The highest BCUT2D eigenvalue weighted by Crippen LogP contribution is 2.30. The van der Waals surface area contributed by atoms with Crippen LogP contribution in [0.3, 0.4) is 0 Å². The van der Waals surface area contributed by atoms with E-state index < -0.39 is 5.41 Å². The molecule has 2 rings (SSSR count). The number of aryl methyl sites for hydroxylation is 1.